The van der Waals surface area contributed by atoms with Gasteiger partial charge in [0.15, 0.2) is 17.4 Å². The van der Waals surface area contributed by atoms with E-state index < -0.39 is 6.10 Å². The fourth-order valence-electron chi connectivity index (χ4n) is 4.01. The first kappa shape index (κ1) is 24.0. The highest BCUT2D eigenvalue weighted by Gasteiger charge is 2.26. The number of nitrogens with one attached hydrogen (secondary N) is 2. The number of benzene rings is 1. The number of amides is 1. The molecule has 0 spiro atoms. The molecule has 10 heteroatoms. The van der Waals surface area contributed by atoms with Crippen LogP contribution in [0.15, 0.2) is 34.9 Å². The van der Waals surface area contributed by atoms with E-state index in [1.165, 1.54) is 0 Å². The van der Waals surface area contributed by atoms with Gasteiger partial charge >= 0.3 is 0 Å². The first-order valence-electron chi connectivity index (χ1n) is 11.6. The normalized spacial score (nSPS) is 17.1. The van der Waals surface area contributed by atoms with E-state index in [0.29, 0.717) is 36.2 Å². The van der Waals surface area contributed by atoms with Crippen molar-refractivity contribution in [3.8, 4) is 5.75 Å². The zero-order valence-electron chi connectivity index (χ0n) is 19.6. The van der Waals surface area contributed by atoms with E-state index in [9.17, 15) is 15.0 Å². The predicted octanol–water partition coefficient (Wildman–Crippen LogP) is 4.86. The van der Waals surface area contributed by atoms with Crippen molar-refractivity contribution in [3.05, 3.63) is 47.4 Å². The summed E-state index contributed by atoms with van der Waals surface area (Å²) in [4.78, 5) is 14.5. The van der Waals surface area contributed by atoms with Gasteiger partial charge in [-0.1, -0.05) is 26.8 Å². The van der Waals surface area contributed by atoms with Crippen molar-refractivity contribution in [3.63, 3.8) is 0 Å². The third-order valence-corrected chi connectivity index (χ3v) is 6.59. The van der Waals surface area contributed by atoms with E-state index in [2.05, 4.69) is 46.2 Å². The molecule has 1 fully saturated rings. The Hall–Kier alpha value is -3.11. The molecule has 0 aliphatic carbocycles. The molecule has 1 aliphatic heterocycles. The zero-order chi connectivity index (χ0) is 24.2. The summed E-state index contributed by atoms with van der Waals surface area (Å²) in [5, 5.41) is 27.2. The quantitative estimate of drug-likeness (QED) is 0.333. The highest BCUT2D eigenvalue weighted by atomic mass is 32.1. The Balaban J connectivity index is 1.51. The number of rotatable bonds is 8. The van der Waals surface area contributed by atoms with Gasteiger partial charge in [-0.25, -0.2) is 0 Å². The summed E-state index contributed by atoms with van der Waals surface area (Å²) in [7, 11) is 0. The van der Waals surface area contributed by atoms with E-state index in [1.54, 1.807) is 29.4 Å². The number of likely N-dealkylation sites (tertiary alicyclic amines) is 1. The van der Waals surface area contributed by atoms with Crippen LogP contribution in [0.4, 0.5) is 17.3 Å². The van der Waals surface area contributed by atoms with Crippen molar-refractivity contribution >= 4 is 35.0 Å². The largest absolute Gasteiger partial charge is 0.505 e. The number of aromatic hydroxyl groups is 1. The summed E-state index contributed by atoms with van der Waals surface area (Å²) in [5.41, 5.74) is 1.67. The number of carbonyl (C=O) groups excluding carboxylic acids is 1. The number of aliphatic hydroxyl groups is 1. The molecule has 4 rings (SSSR count). The Kier molecular flexibility index (Phi) is 7.38. The van der Waals surface area contributed by atoms with Crippen LogP contribution in [0, 0.1) is 0 Å². The highest BCUT2D eigenvalue weighted by molar-refractivity contribution is 6.99. The van der Waals surface area contributed by atoms with Crippen LogP contribution in [0.2, 0.25) is 0 Å². The number of hydrogen-bond donors (Lipinski definition) is 4. The molecule has 0 saturated carbocycles. The number of hydrogen-bond acceptors (Lipinski definition) is 9. The summed E-state index contributed by atoms with van der Waals surface area (Å²) >= 11 is 1.04. The molecule has 3 heterocycles. The number of phenolic OH excluding ortho intramolecular Hbond substituents is 1. The minimum atomic E-state index is -0.534. The number of aliphatic hydroxyl groups excluding tert-OH is 1. The number of carbonyl (C=O) groups is 1. The maximum absolute atomic E-state index is 13.0. The van der Waals surface area contributed by atoms with Crippen molar-refractivity contribution in [2.75, 3.05) is 23.7 Å². The van der Waals surface area contributed by atoms with Gasteiger partial charge in [0.25, 0.3) is 5.91 Å². The average Bonchev–Trinajstić information content (AvgIpc) is 3.48. The number of nitrogens with zero attached hydrogens (tertiary/aromatic N) is 3. The molecule has 2 unspecified atom stereocenters. The van der Waals surface area contributed by atoms with E-state index in [4.69, 9.17) is 4.42 Å². The second-order valence-corrected chi connectivity index (χ2v) is 9.41. The lowest BCUT2D eigenvalue weighted by Gasteiger charge is -2.30. The van der Waals surface area contributed by atoms with Gasteiger partial charge in [-0.3, -0.25) is 4.79 Å². The Bertz CT molecular complexity index is 1130. The fourth-order valence-corrected chi connectivity index (χ4v) is 4.49. The smallest absolute Gasteiger partial charge is 0.257 e. The molecule has 34 heavy (non-hydrogen) atoms. The van der Waals surface area contributed by atoms with E-state index in [0.717, 1.165) is 35.9 Å². The maximum Gasteiger partial charge on any atom is 0.257 e. The Morgan fingerprint density at radius 2 is 2.12 bits per heavy atom. The molecule has 0 bridgehead atoms. The van der Waals surface area contributed by atoms with Gasteiger partial charge in [-0.15, -0.1) is 0 Å². The lowest BCUT2D eigenvalue weighted by atomic mass is 10.1. The summed E-state index contributed by atoms with van der Waals surface area (Å²) < 4.78 is 14.5. The molecule has 9 nitrogen and oxygen atoms in total. The number of para-hydroxylation sites is 1. The van der Waals surface area contributed by atoms with Crippen LogP contribution in [0.3, 0.4) is 0 Å². The number of anilines is 3. The first-order valence-corrected chi connectivity index (χ1v) is 12.3. The second-order valence-electron chi connectivity index (χ2n) is 8.88. The van der Waals surface area contributed by atoms with Crippen molar-refractivity contribution in [1.29, 1.82) is 0 Å². The third-order valence-electron chi connectivity index (χ3n) is 6.06. The summed E-state index contributed by atoms with van der Waals surface area (Å²) in [6.07, 6.45) is 3.44. The van der Waals surface area contributed by atoms with Crippen LogP contribution in [-0.2, 0) is 0 Å². The number of piperidine rings is 1. The van der Waals surface area contributed by atoms with Gasteiger partial charge in [0.2, 0.25) is 0 Å². The molecule has 4 N–H and O–H groups in total. The lowest BCUT2D eigenvalue weighted by molar-refractivity contribution is 0.0471. The molecular weight excluding hydrogens is 454 g/mol. The Morgan fingerprint density at radius 3 is 2.82 bits per heavy atom. The van der Waals surface area contributed by atoms with Crippen LogP contribution >= 0.6 is 11.7 Å². The summed E-state index contributed by atoms with van der Waals surface area (Å²) in [5.74, 6) is 1.72. The van der Waals surface area contributed by atoms with Gasteiger partial charge in [-0.05, 0) is 48.9 Å². The molecular formula is C24H31N5O4S. The van der Waals surface area contributed by atoms with Crippen molar-refractivity contribution in [2.24, 2.45) is 0 Å². The van der Waals surface area contributed by atoms with Crippen molar-refractivity contribution < 1.29 is 19.4 Å². The van der Waals surface area contributed by atoms with Gasteiger partial charge < -0.3 is 30.2 Å². The number of furan rings is 1. The van der Waals surface area contributed by atoms with Crippen LogP contribution < -0.4 is 10.6 Å². The third kappa shape index (κ3) is 5.18. The van der Waals surface area contributed by atoms with Crippen molar-refractivity contribution in [2.45, 2.75) is 58.1 Å². The molecule has 0 radical (unpaired) electrons. The standard InChI is InChI=1S/C24H31N5O4S/c1-4-18(20-11-15(13-33-20)14(2)3)25-22-23(28-34-27-22)26-19-9-5-8-17(21(19)31)24(32)29-10-6-7-16(30)12-29/h5,8-9,11,13-14,16,18,30-31H,4,6-7,10,12H2,1-3H3,(H,25,27)(H,26,28). The SMILES string of the molecule is CCC(Nc1nsnc1Nc1cccc(C(=O)N2CCCC(O)C2)c1O)c1cc(C(C)C)co1. The minimum absolute atomic E-state index is 0.0935. The van der Waals surface area contributed by atoms with Gasteiger partial charge in [0.1, 0.15) is 5.76 Å². The average molecular weight is 486 g/mol. The van der Waals surface area contributed by atoms with Gasteiger partial charge in [0.05, 0.1) is 41.4 Å². The summed E-state index contributed by atoms with van der Waals surface area (Å²) in [6, 6.07) is 6.92. The molecule has 1 aliphatic rings. The van der Waals surface area contributed by atoms with Gasteiger partial charge in [-0.2, -0.15) is 8.75 Å². The second kappa shape index (κ2) is 10.4. The molecule has 1 aromatic carbocycles. The first-order chi connectivity index (χ1) is 16.4. The van der Waals surface area contributed by atoms with E-state index >= 15 is 0 Å². The van der Waals surface area contributed by atoms with E-state index in [-0.39, 0.29) is 29.8 Å². The topological polar surface area (TPSA) is 124 Å². The fraction of sp³-hybridized carbons (Fsp3) is 0.458. The number of β-amino-alcohol motifs (C(OH)–C–C–N with tert-alkyl or cyclic N) is 1. The molecule has 2 atom stereocenters. The molecule has 1 saturated heterocycles. The lowest BCUT2D eigenvalue weighted by Crippen LogP contribution is -2.42. The zero-order valence-corrected chi connectivity index (χ0v) is 20.4. The highest BCUT2D eigenvalue weighted by Crippen LogP contribution is 2.35. The molecule has 1 amide bonds. The minimum Gasteiger partial charge on any atom is -0.505 e. The monoisotopic (exact) mass is 485 g/mol. The molecule has 3 aromatic rings. The molecule has 182 valence electrons. The van der Waals surface area contributed by atoms with Crippen LogP contribution in [0.5, 0.6) is 5.75 Å². The molecule has 2 aromatic heterocycles. The van der Waals surface area contributed by atoms with Gasteiger partial charge in [0, 0.05) is 13.1 Å². The number of phenols is 1. The van der Waals surface area contributed by atoms with E-state index in [1.807, 2.05) is 0 Å². The summed E-state index contributed by atoms with van der Waals surface area (Å²) in [6.45, 7) is 7.12. The van der Waals surface area contributed by atoms with Crippen LogP contribution in [0.1, 0.15) is 73.7 Å². The Labute approximate surface area is 203 Å². The predicted molar refractivity (Wildman–Crippen MR) is 132 cm³/mol. The Morgan fingerprint density at radius 1 is 1.32 bits per heavy atom. The van der Waals surface area contributed by atoms with Crippen LogP contribution in [-0.4, -0.2) is 49.0 Å². The maximum atomic E-state index is 13.0. The van der Waals surface area contributed by atoms with Crippen LogP contribution in [0.25, 0.3) is 0 Å². The number of aromatic nitrogens is 2. The van der Waals surface area contributed by atoms with Crippen molar-refractivity contribution in [1.82, 2.24) is 13.6 Å².